The molecule has 0 aliphatic heterocycles. The summed E-state index contributed by atoms with van der Waals surface area (Å²) in [5.41, 5.74) is 5.37. The van der Waals surface area contributed by atoms with E-state index in [0.29, 0.717) is 12.5 Å². The summed E-state index contributed by atoms with van der Waals surface area (Å²) in [6.45, 7) is 4.38. The second-order valence-corrected chi connectivity index (χ2v) is 7.05. The Labute approximate surface area is 159 Å². The predicted octanol–water partition coefficient (Wildman–Crippen LogP) is 4.20. The summed E-state index contributed by atoms with van der Waals surface area (Å²) in [5, 5.41) is 8.43. The summed E-state index contributed by atoms with van der Waals surface area (Å²) in [6.07, 6.45) is 3.57. The van der Waals surface area contributed by atoms with Gasteiger partial charge in [-0.25, -0.2) is 14.8 Å². The van der Waals surface area contributed by atoms with Gasteiger partial charge in [-0.05, 0) is 37.6 Å². The molecule has 0 fully saturated rings. The van der Waals surface area contributed by atoms with Gasteiger partial charge in [0, 0.05) is 35.4 Å². The largest absolute Gasteiger partial charge is 0.338 e. The molecule has 4 aromatic rings. The molecule has 3 aromatic heterocycles. The lowest BCUT2D eigenvalue weighted by Gasteiger charge is -2.05. The fourth-order valence-electron chi connectivity index (χ4n) is 2.87. The van der Waals surface area contributed by atoms with E-state index in [4.69, 9.17) is 0 Å². The number of imidazole rings is 1. The minimum Gasteiger partial charge on any atom is -0.338 e. The van der Waals surface area contributed by atoms with Gasteiger partial charge in [-0.15, -0.1) is 11.3 Å². The molecule has 27 heavy (non-hydrogen) atoms. The van der Waals surface area contributed by atoms with Crippen LogP contribution in [0.1, 0.15) is 11.9 Å². The van der Waals surface area contributed by atoms with Crippen molar-refractivity contribution in [3.05, 3.63) is 47.0 Å². The second kappa shape index (κ2) is 7.16. The monoisotopic (exact) mass is 378 g/mol. The Morgan fingerprint density at radius 2 is 2.15 bits per heavy atom. The number of benzene rings is 1. The van der Waals surface area contributed by atoms with Gasteiger partial charge < -0.3 is 10.3 Å². The molecule has 0 saturated carbocycles. The number of pyridine rings is 1. The van der Waals surface area contributed by atoms with Crippen molar-refractivity contribution in [2.75, 3.05) is 11.9 Å². The first-order chi connectivity index (χ1) is 13.1. The first-order valence-corrected chi connectivity index (χ1v) is 9.43. The zero-order valence-corrected chi connectivity index (χ0v) is 15.7. The standard InChI is InChI=1S/C19H18N6OS/c1-3-21-19(26)25-18-23-15-8-13(12-5-4-6-20-9-12)7-14(17(15)24-18)16-10-27-11(2)22-16/h4-10H,3H2,1-2H3,(H3,21,23,24,25,26). The number of amides is 2. The van der Waals surface area contributed by atoms with Gasteiger partial charge in [0.25, 0.3) is 0 Å². The summed E-state index contributed by atoms with van der Waals surface area (Å²) in [7, 11) is 0. The van der Waals surface area contributed by atoms with Gasteiger partial charge in [0.1, 0.15) is 0 Å². The molecule has 0 bridgehead atoms. The van der Waals surface area contributed by atoms with E-state index in [-0.39, 0.29) is 6.03 Å². The summed E-state index contributed by atoms with van der Waals surface area (Å²) in [6, 6.07) is 7.68. The maximum atomic E-state index is 11.8. The molecule has 0 aliphatic rings. The Hall–Kier alpha value is -3.26. The van der Waals surface area contributed by atoms with E-state index in [1.54, 1.807) is 17.5 Å². The van der Waals surface area contributed by atoms with Crippen LogP contribution in [0.15, 0.2) is 42.0 Å². The van der Waals surface area contributed by atoms with Crippen LogP contribution in [0, 0.1) is 6.92 Å². The molecule has 8 heteroatoms. The minimum absolute atomic E-state index is 0.296. The van der Waals surface area contributed by atoms with Gasteiger partial charge in [0.15, 0.2) is 0 Å². The SMILES string of the molecule is CCNC(=O)Nc1nc2c(-c3csc(C)n3)cc(-c3cccnc3)cc2[nH]1. The number of hydrogen-bond acceptors (Lipinski definition) is 5. The van der Waals surface area contributed by atoms with Crippen molar-refractivity contribution in [3.8, 4) is 22.4 Å². The number of H-pyrrole nitrogens is 1. The van der Waals surface area contributed by atoms with Crippen molar-refractivity contribution < 1.29 is 4.79 Å². The van der Waals surface area contributed by atoms with Gasteiger partial charge in [0.2, 0.25) is 5.95 Å². The molecule has 136 valence electrons. The molecular formula is C19H18N6OS. The normalized spacial score (nSPS) is 10.9. The Morgan fingerprint density at radius 3 is 2.85 bits per heavy atom. The van der Waals surface area contributed by atoms with Crippen LogP contribution in [-0.2, 0) is 0 Å². The number of anilines is 1. The maximum absolute atomic E-state index is 11.8. The van der Waals surface area contributed by atoms with Crippen LogP contribution < -0.4 is 10.6 Å². The summed E-state index contributed by atoms with van der Waals surface area (Å²) in [4.78, 5) is 28.4. The molecule has 3 heterocycles. The number of urea groups is 1. The number of aryl methyl sites for hydroxylation is 1. The molecular weight excluding hydrogens is 360 g/mol. The average Bonchev–Trinajstić information content (AvgIpc) is 3.27. The third kappa shape index (κ3) is 3.52. The molecule has 0 saturated heterocycles. The number of hydrogen-bond donors (Lipinski definition) is 3. The van der Waals surface area contributed by atoms with Crippen molar-refractivity contribution in [1.29, 1.82) is 0 Å². The number of fused-ring (bicyclic) bond motifs is 1. The highest BCUT2D eigenvalue weighted by atomic mass is 32.1. The fourth-order valence-corrected chi connectivity index (χ4v) is 3.48. The molecule has 0 unspecified atom stereocenters. The minimum atomic E-state index is -0.296. The molecule has 0 spiro atoms. The summed E-state index contributed by atoms with van der Waals surface area (Å²) >= 11 is 1.59. The number of aromatic nitrogens is 4. The summed E-state index contributed by atoms with van der Waals surface area (Å²) < 4.78 is 0. The molecule has 7 nitrogen and oxygen atoms in total. The fraction of sp³-hybridized carbons (Fsp3) is 0.158. The van der Waals surface area contributed by atoms with E-state index in [2.05, 4.69) is 36.6 Å². The molecule has 1 aromatic carbocycles. The molecule has 4 rings (SSSR count). The average molecular weight is 378 g/mol. The Balaban J connectivity index is 1.86. The first kappa shape index (κ1) is 17.2. The van der Waals surface area contributed by atoms with Crippen molar-refractivity contribution in [2.24, 2.45) is 0 Å². The number of nitrogens with zero attached hydrogens (tertiary/aromatic N) is 3. The third-order valence-electron chi connectivity index (χ3n) is 4.05. The molecule has 0 atom stereocenters. The number of nitrogens with one attached hydrogen (secondary N) is 3. The topological polar surface area (TPSA) is 95.6 Å². The Morgan fingerprint density at radius 1 is 1.26 bits per heavy atom. The van der Waals surface area contributed by atoms with Crippen molar-refractivity contribution in [2.45, 2.75) is 13.8 Å². The predicted molar refractivity (Wildman–Crippen MR) is 108 cm³/mol. The second-order valence-electron chi connectivity index (χ2n) is 5.98. The van der Waals surface area contributed by atoms with E-state index >= 15 is 0 Å². The third-order valence-corrected chi connectivity index (χ3v) is 4.82. The highest BCUT2D eigenvalue weighted by Gasteiger charge is 2.15. The van der Waals surface area contributed by atoms with E-state index in [1.165, 1.54) is 0 Å². The van der Waals surface area contributed by atoms with Crippen LogP contribution in [0.5, 0.6) is 0 Å². The van der Waals surface area contributed by atoms with E-state index in [9.17, 15) is 4.79 Å². The van der Waals surface area contributed by atoms with Crippen LogP contribution in [0.3, 0.4) is 0 Å². The molecule has 0 radical (unpaired) electrons. The van der Waals surface area contributed by atoms with E-state index in [1.807, 2.05) is 43.6 Å². The van der Waals surface area contributed by atoms with Crippen LogP contribution in [0.2, 0.25) is 0 Å². The zero-order valence-electron chi connectivity index (χ0n) is 14.9. The van der Waals surface area contributed by atoms with E-state index < -0.39 is 0 Å². The Kier molecular flexibility index (Phi) is 4.55. The number of aromatic amines is 1. The van der Waals surface area contributed by atoms with Gasteiger partial charge in [-0.1, -0.05) is 6.07 Å². The molecule has 2 amide bonds. The summed E-state index contributed by atoms with van der Waals surface area (Å²) in [5.74, 6) is 0.396. The van der Waals surface area contributed by atoms with Gasteiger partial charge in [-0.2, -0.15) is 0 Å². The number of rotatable bonds is 4. The first-order valence-electron chi connectivity index (χ1n) is 8.55. The zero-order chi connectivity index (χ0) is 18.8. The molecule has 3 N–H and O–H groups in total. The quantitative estimate of drug-likeness (QED) is 0.496. The lowest BCUT2D eigenvalue weighted by atomic mass is 10.0. The van der Waals surface area contributed by atoms with Gasteiger partial charge in [-0.3, -0.25) is 10.3 Å². The number of carbonyl (C=O) groups is 1. The van der Waals surface area contributed by atoms with Crippen molar-refractivity contribution in [1.82, 2.24) is 25.3 Å². The molecule has 0 aliphatic carbocycles. The lowest BCUT2D eigenvalue weighted by Crippen LogP contribution is -2.28. The van der Waals surface area contributed by atoms with E-state index in [0.717, 1.165) is 38.4 Å². The van der Waals surface area contributed by atoms with Crippen LogP contribution in [-0.4, -0.2) is 32.5 Å². The number of carbonyl (C=O) groups excluding carboxylic acids is 1. The van der Waals surface area contributed by atoms with Crippen LogP contribution in [0.25, 0.3) is 33.4 Å². The highest BCUT2D eigenvalue weighted by Crippen LogP contribution is 2.34. The highest BCUT2D eigenvalue weighted by molar-refractivity contribution is 7.09. The van der Waals surface area contributed by atoms with Crippen molar-refractivity contribution >= 4 is 34.3 Å². The Bertz CT molecular complexity index is 1100. The van der Waals surface area contributed by atoms with Gasteiger partial charge >= 0.3 is 6.03 Å². The lowest BCUT2D eigenvalue weighted by molar-refractivity contribution is 0.252. The van der Waals surface area contributed by atoms with Crippen LogP contribution >= 0.6 is 11.3 Å². The van der Waals surface area contributed by atoms with Gasteiger partial charge in [0.05, 0.1) is 21.7 Å². The van der Waals surface area contributed by atoms with Crippen LogP contribution in [0.4, 0.5) is 10.7 Å². The maximum Gasteiger partial charge on any atom is 0.321 e. The number of thiazole rings is 1. The van der Waals surface area contributed by atoms with Crippen molar-refractivity contribution in [3.63, 3.8) is 0 Å². The smallest absolute Gasteiger partial charge is 0.321 e.